The Bertz CT molecular complexity index is 628. The average molecular weight is 392 g/mol. The molecule has 28 heavy (non-hydrogen) atoms. The molecule has 0 aromatic heterocycles. The van der Waals surface area contributed by atoms with Gasteiger partial charge in [-0.3, -0.25) is 4.79 Å². The highest BCUT2D eigenvalue weighted by molar-refractivity contribution is 6.64. The predicted molar refractivity (Wildman–Crippen MR) is 113 cm³/mol. The number of aliphatic hydroxyl groups is 2. The van der Waals surface area contributed by atoms with E-state index in [0.29, 0.717) is 19.5 Å². The van der Waals surface area contributed by atoms with Crippen LogP contribution in [0.3, 0.4) is 0 Å². The number of esters is 1. The number of hydrogen-bond acceptors (Lipinski definition) is 7. The SMILES string of the molecule is Cc1ccc(N(CCO)CCO)cc1C[C@@H](CC(=O)OC(C)(C)C)NBC=O. The number of nitrogens with zero attached hydrogens (tertiary/aromatic N) is 1. The fourth-order valence-electron chi connectivity index (χ4n) is 2.97. The highest BCUT2D eigenvalue weighted by Crippen LogP contribution is 2.21. The summed E-state index contributed by atoms with van der Waals surface area (Å²) in [4.78, 5) is 24.9. The maximum atomic E-state index is 12.2. The molecule has 0 saturated carbocycles. The fraction of sp³-hybridized carbons (Fsp3) is 0.600. The Morgan fingerprint density at radius 1 is 1.29 bits per heavy atom. The zero-order chi connectivity index (χ0) is 21.2. The van der Waals surface area contributed by atoms with Crippen molar-refractivity contribution in [1.29, 1.82) is 0 Å². The molecule has 0 heterocycles. The third-order valence-electron chi connectivity index (χ3n) is 4.23. The molecule has 0 unspecified atom stereocenters. The molecule has 156 valence electrons. The number of rotatable bonds is 12. The summed E-state index contributed by atoms with van der Waals surface area (Å²) in [5.74, 6) is -0.313. The van der Waals surface area contributed by atoms with Crippen molar-refractivity contribution in [3.8, 4) is 0 Å². The normalized spacial score (nSPS) is 12.4. The van der Waals surface area contributed by atoms with Crippen molar-refractivity contribution in [3.63, 3.8) is 0 Å². The van der Waals surface area contributed by atoms with Crippen molar-refractivity contribution in [3.05, 3.63) is 29.3 Å². The van der Waals surface area contributed by atoms with Crippen LogP contribution in [0, 0.1) is 6.92 Å². The number of aliphatic hydroxyl groups excluding tert-OH is 2. The second-order valence-electron chi connectivity index (χ2n) is 7.81. The van der Waals surface area contributed by atoms with Crippen molar-refractivity contribution in [2.45, 2.75) is 52.2 Å². The van der Waals surface area contributed by atoms with Gasteiger partial charge in [0, 0.05) is 24.8 Å². The van der Waals surface area contributed by atoms with Crippen molar-refractivity contribution < 1.29 is 24.5 Å². The van der Waals surface area contributed by atoms with E-state index in [1.165, 1.54) is 0 Å². The van der Waals surface area contributed by atoms with Gasteiger partial charge in [-0.2, -0.15) is 0 Å². The van der Waals surface area contributed by atoms with Crippen LogP contribution in [-0.4, -0.2) is 67.7 Å². The molecule has 1 atom stereocenters. The van der Waals surface area contributed by atoms with E-state index in [4.69, 9.17) is 4.74 Å². The van der Waals surface area contributed by atoms with Gasteiger partial charge in [-0.1, -0.05) is 6.07 Å². The number of benzene rings is 1. The Balaban J connectivity index is 2.98. The lowest BCUT2D eigenvalue weighted by atomic mass is 9.91. The van der Waals surface area contributed by atoms with Gasteiger partial charge in [-0.05, 0) is 57.4 Å². The molecule has 0 radical (unpaired) electrons. The molecule has 3 N–H and O–H groups in total. The third kappa shape index (κ3) is 8.86. The molecule has 0 aliphatic heterocycles. The van der Waals surface area contributed by atoms with Crippen LogP contribution in [0.2, 0.25) is 0 Å². The van der Waals surface area contributed by atoms with Crippen LogP contribution >= 0.6 is 0 Å². The summed E-state index contributed by atoms with van der Waals surface area (Å²) in [6, 6.07) is 5.70. The monoisotopic (exact) mass is 392 g/mol. The van der Waals surface area contributed by atoms with Crippen LogP contribution in [-0.2, 0) is 20.7 Å². The number of anilines is 1. The van der Waals surface area contributed by atoms with Gasteiger partial charge in [-0.25, -0.2) is 0 Å². The van der Waals surface area contributed by atoms with E-state index >= 15 is 0 Å². The number of aryl methyl sites for hydroxylation is 1. The quantitative estimate of drug-likeness (QED) is 0.272. The van der Waals surface area contributed by atoms with E-state index in [1.807, 2.05) is 50.8 Å². The second-order valence-corrected chi connectivity index (χ2v) is 7.81. The molecule has 0 aliphatic rings. The van der Waals surface area contributed by atoms with Crippen molar-refractivity contribution in [2.24, 2.45) is 0 Å². The van der Waals surface area contributed by atoms with E-state index < -0.39 is 5.60 Å². The fourth-order valence-corrected chi connectivity index (χ4v) is 2.97. The van der Waals surface area contributed by atoms with Crippen LogP contribution in [0.1, 0.15) is 38.3 Å². The second kappa shape index (κ2) is 11.8. The molecule has 0 amide bonds. The minimum absolute atomic E-state index is 0.00856. The zero-order valence-electron chi connectivity index (χ0n) is 17.4. The molecule has 0 bridgehead atoms. The number of nitrogens with one attached hydrogen (secondary N) is 1. The highest BCUT2D eigenvalue weighted by Gasteiger charge is 2.21. The standard InChI is InChI=1S/C20H33BN2O5/c1-15-5-6-18(23(7-9-24)8-10-25)12-16(15)11-17(22-21-14-26)13-19(27)28-20(2,3)4/h5-6,12,14,17,21-22,24-25H,7-11,13H2,1-4H3/t17-/m0/s1. The minimum atomic E-state index is -0.558. The summed E-state index contributed by atoms with van der Waals surface area (Å²) in [7, 11) is 0.160. The Labute approximate surface area is 168 Å². The summed E-state index contributed by atoms with van der Waals surface area (Å²) in [5.41, 5.74) is 2.44. The molecular formula is C20H33BN2O5. The summed E-state index contributed by atoms with van der Waals surface area (Å²) < 4.78 is 5.41. The first-order chi connectivity index (χ1) is 13.2. The molecule has 1 aromatic carbocycles. The van der Waals surface area contributed by atoms with E-state index in [0.717, 1.165) is 23.0 Å². The Hall–Kier alpha value is -1.90. The van der Waals surface area contributed by atoms with Crippen LogP contribution in [0.25, 0.3) is 0 Å². The molecular weight excluding hydrogens is 359 g/mol. The lowest BCUT2D eigenvalue weighted by Crippen LogP contribution is -2.38. The first-order valence-corrected chi connectivity index (χ1v) is 9.65. The van der Waals surface area contributed by atoms with Crippen molar-refractivity contribution in [1.82, 2.24) is 5.23 Å². The van der Waals surface area contributed by atoms with Crippen LogP contribution in [0.15, 0.2) is 18.2 Å². The molecule has 1 rings (SSSR count). The molecule has 0 fully saturated rings. The van der Waals surface area contributed by atoms with Gasteiger partial charge < -0.3 is 29.9 Å². The number of hydrogen-bond donors (Lipinski definition) is 3. The smallest absolute Gasteiger partial charge is 0.307 e. The van der Waals surface area contributed by atoms with Gasteiger partial charge in [0.1, 0.15) is 5.60 Å². The number of carbonyl (C=O) groups excluding carboxylic acids is 2. The molecule has 1 aromatic rings. The van der Waals surface area contributed by atoms with E-state index in [-0.39, 0.29) is 39.1 Å². The van der Waals surface area contributed by atoms with E-state index in [1.54, 1.807) is 0 Å². The largest absolute Gasteiger partial charge is 0.460 e. The Morgan fingerprint density at radius 2 is 1.93 bits per heavy atom. The first-order valence-electron chi connectivity index (χ1n) is 9.65. The van der Waals surface area contributed by atoms with Gasteiger partial charge in [0.15, 0.2) is 0 Å². The van der Waals surface area contributed by atoms with Crippen LogP contribution < -0.4 is 10.1 Å². The highest BCUT2D eigenvalue weighted by atomic mass is 16.6. The lowest BCUT2D eigenvalue weighted by Gasteiger charge is -2.26. The number of carbonyl (C=O) groups is 2. The van der Waals surface area contributed by atoms with E-state index in [9.17, 15) is 19.8 Å². The molecule has 0 saturated heterocycles. The topological polar surface area (TPSA) is 99.1 Å². The molecule has 8 heteroatoms. The van der Waals surface area contributed by atoms with Crippen LogP contribution in [0.4, 0.5) is 5.69 Å². The lowest BCUT2D eigenvalue weighted by molar-refractivity contribution is -0.155. The zero-order valence-corrected chi connectivity index (χ0v) is 17.4. The van der Waals surface area contributed by atoms with Crippen molar-refractivity contribution in [2.75, 3.05) is 31.2 Å². The summed E-state index contributed by atoms with van der Waals surface area (Å²) in [5, 5.41) is 21.6. The Morgan fingerprint density at radius 3 is 2.46 bits per heavy atom. The van der Waals surface area contributed by atoms with Crippen LogP contribution in [0.5, 0.6) is 0 Å². The first kappa shape index (κ1) is 24.1. The maximum Gasteiger partial charge on any atom is 0.307 e. The van der Waals surface area contributed by atoms with Gasteiger partial charge in [-0.15, -0.1) is 0 Å². The number of ether oxygens (including phenoxy) is 1. The third-order valence-corrected chi connectivity index (χ3v) is 4.23. The molecule has 7 nitrogen and oxygen atoms in total. The maximum absolute atomic E-state index is 12.2. The summed E-state index contributed by atoms with van der Waals surface area (Å²) >= 11 is 0. The predicted octanol–water partition coefficient (Wildman–Crippen LogP) is 0.560. The van der Waals surface area contributed by atoms with Gasteiger partial charge in [0.2, 0.25) is 0 Å². The van der Waals surface area contributed by atoms with Gasteiger partial charge in [0.25, 0.3) is 7.41 Å². The summed E-state index contributed by atoms with van der Waals surface area (Å²) in [6.45, 7) is 8.29. The van der Waals surface area contributed by atoms with Crippen molar-refractivity contribution >= 4 is 25.3 Å². The molecule has 0 spiro atoms. The minimum Gasteiger partial charge on any atom is -0.460 e. The van der Waals surface area contributed by atoms with E-state index in [2.05, 4.69) is 5.23 Å². The van der Waals surface area contributed by atoms with Gasteiger partial charge >= 0.3 is 5.97 Å². The Kier molecular flexibility index (Phi) is 10.2. The molecule has 0 aliphatic carbocycles. The average Bonchev–Trinajstić information content (AvgIpc) is 2.59. The van der Waals surface area contributed by atoms with Gasteiger partial charge in [0.05, 0.1) is 25.8 Å². The summed E-state index contributed by atoms with van der Waals surface area (Å²) in [6.07, 6.45) is 1.49.